The maximum Gasteiger partial charge on any atom is 0.266 e. The summed E-state index contributed by atoms with van der Waals surface area (Å²) in [5.41, 5.74) is 4.22. The Morgan fingerprint density at radius 3 is 2.30 bits per heavy atom. The Balaban J connectivity index is 0.000000555. The van der Waals surface area contributed by atoms with Gasteiger partial charge in [-0.05, 0) is 73.6 Å². The van der Waals surface area contributed by atoms with Gasteiger partial charge in [-0.25, -0.2) is 4.99 Å². The predicted molar refractivity (Wildman–Crippen MR) is 146 cm³/mol. The monoisotopic (exact) mass is 492 g/mol. The van der Waals surface area contributed by atoms with E-state index in [1.54, 1.807) is 41.5 Å². The summed E-state index contributed by atoms with van der Waals surface area (Å²) in [6.45, 7) is 11.0. The van der Waals surface area contributed by atoms with Crippen molar-refractivity contribution < 1.29 is 4.79 Å². The van der Waals surface area contributed by atoms with Crippen LogP contribution in [0, 0.1) is 6.92 Å². The summed E-state index contributed by atoms with van der Waals surface area (Å²) in [6.07, 6.45) is 3.66. The number of allylic oxidation sites excluding steroid dienone is 2. The van der Waals surface area contributed by atoms with Gasteiger partial charge >= 0.3 is 0 Å². The third-order valence-corrected chi connectivity index (χ3v) is 7.03. The van der Waals surface area contributed by atoms with Gasteiger partial charge in [0.15, 0.2) is 5.17 Å². The van der Waals surface area contributed by atoms with Crippen LogP contribution in [0.2, 0.25) is 5.02 Å². The molecular formula is C27H25ClN2OS2. The van der Waals surface area contributed by atoms with Gasteiger partial charge in [0.2, 0.25) is 0 Å². The molecule has 1 fully saturated rings. The lowest BCUT2D eigenvalue weighted by Crippen LogP contribution is -2.23. The van der Waals surface area contributed by atoms with Crippen LogP contribution >= 0.6 is 34.7 Å². The first-order chi connectivity index (χ1) is 15.8. The average molecular weight is 493 g/mol. The number of likely N-dealkylation sites (N-methyl/N-ethyl adjacent to an activating group) is 1. The Kier molecular flexibility index (Phi) is 8.50. The molecule has 3 aromatic rings. The summed E-state index contributed by atoms with van der Waals surface area (Å²) in [7, 11) is 1.75. The van der Waals surface area contributed by atoms with Crippen LogP contribution in [0.1, 0.15) is 17.4 Å². The molecule has 0 saturated carbocycles. The number of amides is 1. The first-order valence-electron chi connectivity index (χ1n) is 10.2. The molecule has 0 aliphatic carbocycles. The van der Waals surface area contributed by atoms with Crippen LogP contribution in [0.3, 0.4) is 0 Å². The number of carbonyl (C=O) groups is 1. The van der Waals surface area contributed by atoms with Gasteiger partial charge in [0.25, 0.3) is 5.91 Å². The van der Waals surface area contributed by atoms with E-state index in [-0.39, 0.29) is 5.91 Å². The molecule has 1 aliphatic heterocycles. The number of thiophene rings is 1. The lowest BCUT2D eigenvalue weighted by atomic mass is 10.1. The molecule has 3 nitrogen and oxygen atoms in total. The summed E-state index contributed by atoms with van der Waals surface area (Å²) in [5.74, 6) is -0.0389. The molecule has 4 rings (SSSR count). The molecule has 33 heavy (non-hydrogen) atoms. The molecule has 0 atom stereocenters. The summed E-state index contributed by atoms with van der Waals surface area (Å²) in [4.78, 5) is 21.7. The first kappa shape index (κ1) is 24.8. The first-order valence-corrected chi connectivity index (χ1v) is 12.2. The van der Waals surface area contributed by atoms with Crippen molar-refractivity contribution in [3.63, 3.8) is 0 Å². The minimum Gasteiger partial charge on any atom is -0.290 e. The molecule has 0 N–H and O–H groups in total. The van der Waals surface area contributed by atoms with Gasteiger partial charge in [-0.1, -0.05) is 66.2 Å². The molecule has 1 saturated heterocycles. The van der Waals surface area contributed by atoms with Crippen molar-refractivity contribution in [2.24, 2.45) is 4.99 Å². The standard InChI is InChI=1S/C22H17ClN2OS2.C5H8/c1-14-3-5-15(6-4-14)19-12-11-18(27-19)13-20-21(26)25(2)22(28-20)24-17-9-7-16(23)8-10-17;1-4-5(2)3/h3-13H,1-2H3;4H,1-2H2,3H3/b20-13-,24-22?;. The topological polar surface area (TPSA) is 32.7 Å². The minimum absolute atomic E-state index is 0.0389. The van der Waals surface area contributed by atoms with Gasteiger partial charge in [-0.15, -0.1) is 11.3 Å². The average Bonchev–Trinajstić information content (AvgIpc) is 3.37. The second-order valence-electron chi connectivity index (χ2n) is 7.46. The molecule has 1 aliphatic rings. The van der Waals surface area contributed by atoms with Gasteiger partial charge in [-0.3, -0.25) is 9.69 Å². The molecule has 2 heterocycles. The predicted octanol–water partition coefficient (Wildman–Crippen LogP) is 8.36. The van der Waals surface area contributed by atoms with Crippen molar-refractivity contribution in [2.45, 2.75) is 13.8 Å². The van der Waals surface area contributed by atoms with Crippen LogP contribution in [0.5, 0.6) is 0 Å². The highest BCUT2D eigenvalue weighted by molar-refractivity contribution is 8.18. The quantitative estimate of drug-likeness (QED) is 0.270. The summed E-state index contributed by atoms with van der Waals surface area (Å²) >= 11 is 8.98. The highest BCUT2D eigenvalue weighted by Gasteiger charge is 2.30. The van der Waals surface area contributed by atoms with E-state index < -0.39 is 0 Å². The summed E-state index contributed by atoms with van der Waals surface area (Å²) in [6, 6.07) is 19.9. The van der Waals surface area contributed by atoms with Crippen LogP contribution in [0.25, 0.3) is 16.5 Å². The van der Waals surface area contributed by atoms with Crippen LogP contribution in [-0.4, -0.2) is 23.0 Å². The highest BCUT2D eigenvalue weighted by Crippen LogP contribution is 2.36. The van der Waals surface area contributed by atoms with Crippen LogP contribution in [-0.2, 0) is 4.79 Å². The fourth-order valence-corrected chi connectivity index (χ4v) is 4.85. The fourth-order valence-electron chi connectivity index (χ4n) is 2.71. The molecule has 0 unspecified atom stereocenters. The number of thioether (sulfide) groups is 1. The lowest BCUT2D eigenvalue weighted by molar-refractivity contribution is -0.121. The van der Waals surface area contributed by atoms with Crippen LogP contribution in [0.4, 0.5) is 5.69 Å². The smallest absolute Gasteiger partial charge is 0.266 e. The van der Waals surface area contributed by atoms with E-state index in [0.29, 0.717) is 15.1 Å². The van der Waals surface area contributed by atoms with Gasteiger partial charge < -0.3 is 0 Å². The van der Waals surface area contributed by atoms with Crippen molar-refractivity contribution in [2.75, 3.05) is 7.05 Å². The van der Waals surface area contributed by atoms with E-state index in [2.05, 4.69) is 61.5 Å². The van der Waals surface area contributed by atoms with Crippen LogP contribution < -0.4 is 0 Å². The Hall–Kier alpha value is -2.86. The van der Waals surface area contributed by atoms with Crippen molar-refractivity contribution in [3.05, 3.63) is 106 Å². The van der Waals surface area contributed by atoms with E-state index in [4.69, 9.17) is 11.6 Å². The van der Waals surface area contributed by atoms with Gasteiger partial charge in [-0.2, -0.15) is 0 Å². The number of aryl methyl sites for hydroxylation is 1. The van der Waals surface area contributed by atoms with Crippen LogP contribution in [0.15, 0.2) is 95.4 Å². The van der Waals surface area contributed by atoms with Gasteiger partial charge in [0.05, 0.1) is 10.6 Å². The largest absolute Gasteiger partial charge is 0.290 e. The fraction of sp³-hybridized carbons (Fsp3) is 0.111. The second-order valence-corrected chi connectivity index (χ2v) is 10.0. The third kappa shape index (κ3) is 6.81. The van der Waals surface area contributed by atoms with E-state index in [1.165, 1.54) is 27.8 Å². The van der Waals surface area contributed by atoms with E-state index >= 15 is 0 Å². The van der Waals surface area contributed by atoms with Crippen molar-refractivity contribution in [3.8, 4) is 10.4 Å². The highest BCUT2D eigenvalue weighted by atomic mass is 35.5. The van der Waals surface area contributed by atoms with Gasteiger partial charge in [0.1, 0.15) is 0 Å². The van der Waals surface area contributed by atoms with E-state index in [1.807, 2.05) is 25.1 Å². The van der Waals surface area contributed by atoms with Gasteiger partial charge in [0, 0.05) is 21.8 Å². The SMILES string of the molecule is C=CC(=C)C.Cc1ccc(-c2ccc(/C=C3\SC(=Nc4ccc(Cl)cc4)N(C)C3=O)s2)cc1. The zero-order valence-electron chi connectivity index (χ0n) is 18.8. The number of hydrogen-bond acceptors (Lipinski definition) is 4. The summed E-state index contributed by atoms with van der Waals surface area (Å²) < 4.78 is 0. The molecular weight excluding hydrogens is 468 g/mol. The number of nitrogens with zero attached hydrogens (tertiary/aromatic N) is 2. The number of hydrogen-bond donors (Lipinski definition) is 0. The lowest BCUT2D eigenvalue weighted by Gasteiger charge is -2.06. The normalized spacial score (nSPS) is 15.5. The number of carbonyl (C=O) groups excluding carboxylic acids is 1. The minimum atomic E-state index is -0.0389. The molecule has 6 heteroatoms. The summed E-state index contributed by atoms with van der Waals surface area (Å²) in [5, 5.41) is 1.32. The van der Waals surface area contributed by atoms with Crippen molar-refractivity contribution >= 4 is 57.5 Å². The molecule has 1 amide bonds. The number of aliphatic imine (C=N–C) groups is 1. The maximum absolute atomic E-state index is 12.6. The maximum atomic E-state index is 12.6. The Morgan fingerprint density at radius 1 is 1.06 bits per heavy atom. The van der Waals surface area contributed by atoms with E-state index in [0.717, 1.165) is 16.1 Å². The molecule has 0 bridgehead atoms. The Bertz CT molecular complexity index is 1220. The molecule has 0 radical (unpaired) electrons. The van der Waals surface area contributed by atoms with E-state index in [9.17, 15) is 4.79 Å². The number of rotatable bonds is 4. The number of halogens is 1. The molecule has 0 spiro atoms. The van der Waals surface area contributed by atoms with Crippen molar-refractivity contribution in [1.82, 2.24) is 4.90 Å². The van der Waals surface area contributed by atoms with Crippen molar-refractivity contribution in [1.29, 1.82) is 0 Å². The third-order valence-electron chi connectivity index (χ3n) is 4.64. The number of benzene rings is 2. The Morgan fingerprint density at radius 2 is 1.70 bits per heavy atom. The molecule has 168 valence electrons. The molecule has 1 aromatic heterocycles. The Labute approximate surface area is 208 Å². The number of amidine groups is 1. The zero-order chi connectivity index (χ0) is 24.0. The zero-order valence-corrected chi connectivity index (χ0v) is 21.2. The molecule has 2 aromatic carbocycles. The second kappa shape index (κ2) is 11.3.